The summed E-state index contributed by atoms with van der Waals surface area (Å²) in [5, 5.41) is 0. The van der Waals surface area contributed by atoms with Crippen molar-refractivity contribution in [3.05, 3.63) is 0 Å². The van der Waals surface area contributed by atoms with Crippen LogP contribution in [0.3, 0.4) is 0 Å². The fraction of sp³-hybridized carbons (Fsp3) is 1.00. The first-order valence-corrected chi connectivity index (χ1v) is 8.14. The lowest BCUT2D eigenvalue weighted by Crippen LogP contribution is -2.04. The lowest BCUT2D eigenvalue weighted by molar-refractivity contribution is 0.0517. The Hall–Kier alpha value is -0.200. The smallest absolute Gasteiger partial charge is 0.0700 e. The molecule has 0 spiro atoms. The van der Waals surface area contributed by atoms with Gasteiger partial charge in [-0.1, -0.05) is 26.7 Å². The Balaban J connectivity index is -0.000000295. The third kappa shape index (κ3) is 32.9. The van der Waals surface area contributed by atoms with Crippen molar-refractivity contribution in [2.24, 2.45) is 0 Å². The van der Waals surface area contributed by atoms with E-state index >= 15 is 0 Å². The molecular weight excluding hydrogens is 272 g/mol. The van der Waals surface area contributed by atoms with E-state index in [1.54, 1.807) is 0 Å². The van der Waals surface area contributed by atoms with Crippen LogP contribution >= 0.6 is 0 Å². The lowest BCUT2D eigenvalue weighted by atomic mass is 10.4. The van der Waals surface area contributed by atoms with Gasteiger partial charge in [0.25, 0.3) is 0 Å². The van der Waals surface area contributed by atoms with E-state index in [1.165, 1.54) is 12.8 Å². The molecule has 0 radical (unpaired) electrons. The Labute approximate surface area is 131 Å². The van der Waals surface area contributed by atoms with Gasteiger partial charge in [0.05, 0.1) is 26.4 Å². The predicted molar refractivity (Wildman–Crippen MR) is 88.1 cm³/mol. The summed E-state index contributed by atoms with van der Waals surface area (Å²) in [4.78, 5) is 0. The summed E-state index contributed by atoms with van der Waals surface area (Å²) in [6, 6.07) is 0. The number of ether oxygens (including phenoxy) is 4. The third-order valence-corrected chi connectivity index (χ3v) is 2.44. The molecule has 0 amide bonds. The first-order valence-electron chi connectivity index (χ1n) is 8.14. The summed E-state index contributed by atoms with van der Waals surface area (Å²) in [5.74, 6) is 0. The van der Waals surface area contributed by atoms with Gasteiger partial charge in [-0.05, 0) is 26.7 Å². The second kappa shape index (κ2) is 28.0. The summed E-state index contributed by atoms with van der Waals surface area (Å²) >= 11 is 0. The van der Waals surface area contributed by atoms with Crippen molar-refractivity contribution < 1.29 is 24.4 Å². The predicted octanol–water partition coefficient (Wildman–Crippen LogP) is 2.85. The van der Waals surface area contributed by atoms with Crippen LogP contribution in [0.25, 0.3) is 0 Å². The van der Waals surface area contributed by atoms with E-state index in [1.807, 2.05) is 13.8 Å². The zero-order valence-corrected chi connectivity index (χ0v) is 14.6. The molecule has 132 valence electrons. The van der Waals surface area contributed by atoms with Crippen molar-refractivity contribution in [1.82, 2.24) is 0 Å². The maximum absolute atomic E-state index is 5.25. The van der Waals surface area contributed by atoms with Gasteiger partial charge in [-0.25, -0.2) is 0 Å². The molecule has 0 fully saturated rings. The molecule has 0 rings (SSSR count). The van der Waals surface area contributed by atoms with Crippen LogP contribution in [0.1, 0.15) is 53.4 Å². The third-order valence-electron chi connectivity index (χ3n) is 2.44. The molecule has 0 saturated carbocycles. The standard InChI is InChI=1S/2C8H18O2.H2O/c2*1-3-5-6-10-8-7-9-4-2;/h2*3-8H2,1-2H3;1H2. The molecular formula is C16H38O5. The van der Waals surface area contributed by atoms with Crippen molar-refractivity contribution in [3.8, 4) is 0 Å². The minimum Gasteiger partial charge on any atom is -0.412 e. The van der Waals surface area contributed by atoms with E-state index in [0.717, 1.165) is 65.7 Å². The van der Waals surface area contributed by atoms with Crippen LogP contribution in [0.15, 0.2) is 0 Å². The molecule has 2 N–H and O–H groups in total. The fourth-order valence-corrected chi connectivity index (χ4v) is 1.22. The van der Waals surface area contributed by atoms with Crippen molar-refractivity contribution in [2.75, 3.05) is 52.9 Å². The van der Waals surface area contributed by atoms with Crippen molar-refractivity contribution in [3.63, 3.8) is 0 Å². The molecule has 0 aliphatic rings. The van der Waals surface area contributed by atoms with Gasteiger partial charge < -0.3 is 24.4 Å². The minimum atomic E-state index is 0. The number of unbranched alkanes of at least 4 members (excludes halogenated alkanes) is 2. The molecule has 21 heavy (non-hydrogen) atoms. The molecule has 0 aromatic rings. The van der Waals surface area contributed by atoms with Gasteiger partial charge in [-0.3, -0.25) is 0 Å². The van der Waals surface area contributed by atoms with E-state index in [2.05, 4.69) is 13.8 Å². The molecule has 5 nitrogen and oxygen atoms in total. The van der Waals surface area contributed by atoms with Crippen LogP contribution in [0.5, 0.6) is 0 Å². The van der Waals surface area contributed by atoms with Gasteiger partial charge in [-0.15, -0.1) is 0 Å². The van der Waals surface area contributed by atoms with Gasteiger partial charge in [-0.2, -0.15) is 0 Å². The first-order chi connectivity index (χ1) is 9.83. The Bertz CT molecular complexity index is 113. The highest BCUT2D eigenvalue weighted by atomic mass is 16.5. The largest absolute Gasteiger partial charge is 0.412 e. The average Bonchev–Trinajstić information content (AvgIpc) is 2.47. The number of hydrogen-bond acceptors (Lipinski definition) is 4. The molecule has 0 aromatic carbocycles. The summed E-state index contributed by atoms with van der Waals surface area (Å²) in [7, 11) is 0. The van der Waals surface area contributed by atoms with Crippen LogP contribution in [-0.4, -0.2) is 58.3 Å². The molecule has 5 heteroatoms. The zero-order valence-electron chi connectivity index (χ0n) is 14.6. The SMILES string of the molecule is CCCCOCCOCC.CCCCOCCOCC.O. The van der Waals surface area contributed by atoms with Gasteiger partial charge >= 0.3 is 0 Å². The Kier molecular flexibility index (Phi) is 34.4. The summed E-state index contributed by atoms with van der Waals surface area (Å²) in [6.45, 7) is 14.6. The second-order valence-corrected chi connectivity index (χ2v) is 4.33. The van der Waals surface area contributed by atoms with Gasteiger partial charge in [0, 0.05) is 26.4 Å². The Morgan fingerprint density at radius 2 is 0.810 bits per heavy atom. The summed E-state index contributed by atoms with van der Waals surface area (Å²) in [6.07, 6.45) is 4.72. The quantitative estimate of drug-likeness (QED) is 0.463. The van der Waals surface area contributed by atoms with E-state index in [9.17, 15) is 0 Å². The Morgan fingerprint density at radius 3 is 1.10 bits per heavy atom. The molecule has 0 unspecified atom stereocenters. The molecule has 0 aliphatic carbocycles. The van der Waals surface area contributed by atoms with Gasteiger partial charge in [0.2, 0.25) is 0 Å². The van der Waals surface area contributed by atoms with E-state index in [0.29, 0.717) is 0 Å². The summed E-state index contributed by atoms with van der Waals surface area (Å²) in [5.41, 5.74) is 0. The first kappa shape index (κ1) is 25.7. The average molecular weight is 310 g/mol. The van der Waals surface area contributed by atoms with Crippen molar-refractivity contribution in [2.45, 2.75) is 53.4 Å². The van der Waals surface area contributed by atoms with Crippen LogP contribution in [0.2, 0.25) is 0 Å². The van der Waals surface area contributed by atoms with Crippen LogP contribution in [0, 0.1) is 0 Å². The molecule has 0 aromatic heterocycles. The highest BCUT2D eigenvalue weighted by Crippen LogP contribution is 1.88. The van der Waals surface area contributed by atoms with Crippen LogP contribution < -0.4 is 0 Å². The fourth-order valence-electron chi connectivity index (χ4n) is 1.22. The minimum absolute atomic E-state index is 0. The van der Waals surface area contributed by atoms with Crippen LogP contribution in [-0.2, 0) is 18.9 Å². The molecule has 0 saturated heterocycles. The van der Waals surface area contributed by atoms with Gasteiger partial charge in [0.15, 0.2) is 0 Å². The zero-order chi connectivity index (χ0) is 15.3. The molecule has 0 atom stereocenters. The molecule has 0 aliphatic heterocycles. The summed E-state index contributed by atoms with van der Waals surface area (Å²) < 4.78 is 20.7. The molecule has 0 bridgehead atoms. The maximum atomic E-state index is 5.25. The number of hydrogen-bond donors (Lipinski definition) is 0. The monoisotopic (exact) mass is 310 g/mol. The normalized spacial score (nSPS) is 9.71. The van der Waals surface area contributed by atoms with Crippen molar-refractivity contribution in [1.29, 1.82) is 0 Å². The lowest BCUT2D eigenvalue weighted by Gasteiger charge is -2.02. The van der Waals surface area contributed by atoms with Gasteiger partial charge in [0.1, 0.15) is 0 Å². The topological polar surface area (TPSA) is 68.4 Å². The maximum Gasteiger partial charge on any atom is 0.0700 e. The highest BCUT2D eigenvalue weighted by molar-refractivity contribution is 4.33. The van der Waals surface area contributed by atoms with Crippen molar-refractivity contribution >= 4 is 0 Å². The molecule has 0 heterocycles. The van der Waals surface area contributed by atoms with E-state index in [-0.39, 0.29) is 5.48 Å². The highest BCUT2D eigenvalue weighted by Gasteiger charge is 1.86. The van der Waals surface area contributed by atoms with Crippen LogP contribution in [0.4, 0.5) is 0 Å². The Morgan fingerprint density at radius 1 is 0.476 bits per heavy atom. The van der Waals surface area contributed by atoms with E-state index in [4.69, 9.17) is 18.9 Å². The number of rotatable bonds is 14. The van der Waals surface area contributed by atoms with E-state index < -0.39 is 0 Å². The second-order valence-electron chi connectivity index (χ2n) is 4.33.